The van der Waals surface area contributed by atoms with Crippen molar-refractivity contribution in [3.63, 3.8) is 0 Å². The van der Waals surface area contributed by atoms with Crippen LogP contribution in [0.1, 0.15) is 28.8 Å². The van der Waals surface area contributed by atoms with Crippen molar-refractivity contribution >= 4 is 5.78 Å². The van der Waals surface area contributed by atoms with Crippen molar-refractivity contribution in [3.8, 4) is 0 Å². The SMILES string of the molecule is O=C(CCCN1CCN(Cc2ccccc2)C[C@H](O)C1)c1ccc(F)cc1. The summed E-state index contributed by atoms with van der Waals surface area (Å²) < 4.78 is 12.9. The Labute approximate surface area is 160 Å². The first-order valence-corrected chi connectivity index (χ1v) is 9.55. The van der Waals surface area contributed by atoms with Gasteiger partial charge in [-0.1, -0.05) is 30.3 Å². The number of aliphatic hydroxyl groups excluding tert-OH is 1. The smallest absolute Gasteiger partial charge is 0.162 e. The Morgan fingerprint density at radius 1 is 1.00 bits per heavy atom. The third-order valence-corrected chi connectivity index (χ3v) is 4.96. The van der Waals surface area contributed by atoms with Crippen LogP contribution in [-0.4, -0.2) is 59.5 Å². The first-order valence-electron chi connectivity index (χ1n) is 9.55. The van der Waals surface area contributed by atoms with E-state index in [9.17, 15) is 14.3 Å². The molecule has 4 nitrogen and oxygen atoms in total. The van der Waals surface area contributed by atoms with E-state index < -0.39 is 0 Å². The lowest BCUT2D eigenvalue weighted by atomic mass is 10.1. The van der Waals surface area contributed by atoms with Gasteiger partial charge < -0.3 is 5.11 Å². The van der Waals surface area contributed by atoms with Gasteiger partial charge in [-0.2, -0.15) is 0 Å². The van der Waals surface area contributed by atoms with E-state index in [1.807, 2.05) is 18.2 Å². The molecule has 0 aliphatic carbocycles. The largest absolute Gasteiger partial charge is 0.390 e. The van der Waals surface area contributed by atoms with Gasteiger partial charge in [-0.3, -0.25) is 14.6 Å². The molecule has 1 atom stereocenters. The zero-order chi connectivity index (χ0) is 19.1. The first-order chi connectivity index (χ1) is 13.1. The number of carbonyl (C=O) groups is 1. The fourth-order valence-corrected chi connectivity index (χ4v) is 3.55. The van der Waals surface area contributed by atoms with Crippen molar-refractivity contribution < 1.29 is 14.3 Å². The van der Waals surface area contributed by atoms with E-state index in [0.29, 0.717) is 25.1 Å². The Hall–Kier alpha value is -2.08. The van der Waals surface area contributed by atoms with Gasteiger partial charge in [0.05, 0.1) is 6.10 Å². The molecule has 0 radical (unpaired) electrons. The van der Waals surface area contributed by atoms with Gasteiger partial charge in [0.1, 0.15) is 5.82 Å². The van der Waals surface area contributed by atoms with Crippen molar-refractivity contribution in [1.82, 2.24) is 9.80 Å². The molecule has 0 bridgehead atoms. The second kappa shape index (κ2) is 9.74. The average Bonchev–Trinajstić information content (AvgIpc) is 2.84. The van der Waals surface area contributed by atoms with E-state index >= 15 is 0 Å². The minimum atomic E-state index is -0.385. The lowest BCUT2D eigenvalue weighted by Crippen LogP contribution is -2.34. The highest BCUT2D eigenvalue weighted by molar-refractivity contribution is 5.95. The molecule has 0 unspecified atom stereocenters. The van der Waals surface area contributed by atoms with Crippen LogP contribution < -0.4 is 0 Å². The van der Waals surface area contributed by atoms with Crippen LogP contribution in [-0.2, 0) is 6.54 Å². The standard InChI is InChI=1S/C22H27FN2O2/c23-20-10-8-19(9-11-20)22(27)7-4-12-24-13-14-25(17-21(26)16-24)15-18-5-2-1-3-6-18/h1-3,5-6,8-11,21,26H,4,7,12-17H2/t21-/m1/s1. The van der Waals surface area contributed by atoms with E-state index in [0.717, 1.165) is 32.6 Å². The molecule has 27 heavy (non-hydrogen) atoms. The predicted octanol–water partition coefficient (Wildman–Crippen LogP) is 2.97. The van der Waals surface area contributed by atoms with Crippen LogP contribution in [0.3, 0.4) is 0 Å². The molecule has 0 amide bonds. The van der Waals surface area contributed by atoms with Crippen molar-refractivity contribution in [2.45, 2.75) is 25.5 Å². The maximum absolute atomic E-state index is 12.9. The minimum absolute atomic E-state index is 0.0380. The molecule has 1 aliphatic heterocycles. The fourth-order valence-electron chi connectivity index (χ4n) is 3.55. The van der Waals surface area contributed by atoms with Crippen LogP contribution in [0.5, 0.6) is 0 Å². The molecule has 3 rings (SSSR count). The summed E-state index contributed by atoms with van der Waals surface area (Å²) in [6, 6.07) is 16.0. The molecule has 0 saturated carbocycles. The van der Waals surface area contributed by atoms with Gasteiger partial charge >= 0.3 is 0 Å². The van der Waals surface area contributed by atoms with Crippen LogP contribution in [0.25, 0.3) is 0 Å². The lowest BCUT2D eigenvalue weighted by molar-refractivity contribution is 0.0961. The molecule has 1 heterocycles. The van der Waals surface area contributed by atoms with Crippen LogP contribution in [0.4, 0.5) is 4.39 Å². The number of ketones is 1. The fraction of sp³-hybridized carbons (Fsp3) is 0.409. The number of benzene rings is 2. The Balaban J connectivity index is 1.44. The monoisotopic (exact) mass is 370 g/mol. The topological polar surface area (TPSA) is 43.8 Å². The molecule has 0 spiro atoms. The number of halogens is 1. The van der Waals surface area contributed by atoms with E-state index in [1.165, 1.54) is 29.8 Å². The van der Waals surface area contributed by atoms with Crippen LogP contribution >= 0.6 is 0 Å². The number of Topliss-reactive ketones (excluding diaryl/α,β-unsaturated/α-hetero) is 1. The number of β-amino-alcohol motifs (C(OH)–C–C–N with tert-alkyl or cyclic N) is 1. The van der Waals surface area contributed by atoms with E-state index in [1.54, 1.807) is 0 Å². The van der Waals surface area contributed by atoms with Crippen LogP contribution in [0, 0.1) is 5.82 Å². The Kier molecular flexibility index (Phi) is 7.10. The van der Waals surface area contributed by atoms with Crippen molar-refractivity contribution in [1.29, 1.82) is 0 Å². The van der Waals surface area contributed by atoms with Crippen molar-refractivity contribution in [3.05, 3.63) is 71.5 Å². The highest BCUT2D eigenvalue weighted by Gasteiger charge is 2.21. The van der Waals surface area contributed by atoms with Crippen LogP contribution in [0.2, 0.25) is 0 Å². The molecular formula is C22H27FN2O2. The molecule has 5 heteroatoms. The molecule has 1 saturated heterocycles. The van der Waals surface area contributed by atoms with Crippen molar-refractivity contribution in [2.24, 2.45) is 0 Å². The quantitative estimate of drug-likeness (QED) is 0.761. The summed E-state index contributed by atoms with van der Waals surface area (Å²) in [5.74, 6) is -0.291. The highest BCUT2D eigenvalue weighted by atomic mass is 19.1. The second-order valence-corrected chi connectivity index (χ2v) is 7.21. The van der Waals surface area contributed by atoms with Gasteiger partial charge in [-0.25, -0.2) is 4.39 Å². The van der Waals surface area contributed by atoms with Gasteiger partial charge in [-0.05, 0) is 42.8 Å². The number of rotatable bonds is 7. The number of hydrogen-bond donors (Lipinski definition) is 1. The third kappa shape index (κ3) is 6.24. The minimum Gasteiger partial charge on any atom is -0.390 e. The molecule has 1 aliphatic rings. The van der Waals surface area contributed by atoms with Gasteiger partial charge in [0.2, 0.25) is 0 Å². The van der Waals surface area contributed by atoms with Gasteiger partial charge in [0.25, 0.3) is 0 Å². The summed E-state index contributed by atoms with van der Waals surface area (Å²) in [7, 11) is 0. The van der Waals surface area contributed by atoms with E-state index in [-0.39, 0.29) is 17.7 Å². The molecular weight excluding hydrogens is 343 g/mol. The number of aliphatic hydroxyl groups is 1. The molecule has 1 N–H and O–H groups in total. The summed E-state index contributed by atoms with van der Waals surface area (Å²) in [6.07, 6.45) is 0.789. The molecule has 2 aromatic rings. The predicted molar refractivity (Wildman–Crippen MR) is 104 cm³/mol. The number of carbonyl (C=O) groups excluding carboxylic acids is 1. The molecule has 1 fully saturated rings. The van der Waals surface area contributed by atoms with Gasteiger partial charge in [-0.15, -0.1) is 0 Å². The lowest BCUT2D eigenvalue weighted by Gasteiger charge is -2.21. The second-order valence-electron chi connectivity index (χ2n) is 7.21. The maximum atomic E-state index is 12.9. The van der Waals surface area contributed by atoms with E-state index in [2.05, 4.69) is 21.9 Å². The van der Waals surface area contributed by atoms with E-state index in [4.69, 9.17) is 0 Å². The highest BCUT2D eigenvalue weighted by Crippen LogP contribution is 2.12. The zero-order valence-electron chi connectivity index (χ0n) is 15.6. The summed E-state index contributed by atoms with van der Waals surface area (Å²) >= 11 is 0. The average molecular weight is 370 g/mol. The van der Waals surface area contributed by atoms with Gasteiger partial charge in [0, 0.05) is 44.7 Å². The summed E-state index contributed by atoms with van der Waals surface area (Å²) in [6.45, 7) is 4.71. The Morgan fingerprint density at radius 3 is 2.41 bits per heavy atom. The maximum Gasteiger partial charge on any atom is 0.162 e. The number of nitrogens with zero attached hydrogens (tertiary/aromatic N) is 2. The molecule has 0 aromatic heterocycles. The summed E-state index contributed by atoms with van der Waals surface area (Å²) in [5, 5.41) is 10.3. The zero-order valence-corrected chi connectivity index (χ0v) is 15.6. The summed E-state index contributed by atoms with van der Waals surface area (Å²) in [4.78, 5) is 16.7. The van der Waals surface area contributed by atoms with Crippen LogP contribution in [0.15, 0.2) is 54.6 Å². The third-order valence-electron chi connectivity index (χ3n) is 4.96. The number of hydrogen-bond acceptors (Lipinski definition) is 4. The first kappa shape index (κ1) is 19.7. The summed E-state index contributed by atoms with van der Waals surface area (Å²) in [5.41, 5.74) is 1.81. The normalized spacial score (nSPS) is 19.0. The van der Waals surface area contributed by atoms with Gasteiger partial charge in [0.15, 0.2) is 5.78 Å². The van der Waals surface area contributed by atoms with Crippen molar-refractivity contribution in [2.75, 3.05) is 32.7 Å². The Bertz CT molecular complexity index is 721. The molecule has 2 aromatic carbocycles. The Morgan fingerprint density at radius 2 is 1.67 bits per heavy atom. The molecule has 144 valence electrons.